The topological polar surface area (TPSA) is 55.8 Å². The van der Waals surface area contributed by atoms with Gasteiger partial charge in [0.2, 0.25) is 0 Å². The number of thioether (sulfide) groups is 1. The maximum absolute atomic E-state index is 12.3. The van der Waals surface area contributed by atoms with Crippen molar-refractivity contribution in [2.75, 3.05) is 19.8 Å². The number of rotatable bonds is 7. The molecule has 1 heterocycles. The van der Waals surface area contributed by atoms with Crippen molar-refractivity contribution in [3.05, 3.63) is 28.7 Å². The minimum absolute atomic E-state index is 0.209. The molecule has 6 heteroatoms. The van der Waals surface area contributed by atoms with Gasteiger partial charge in [0.1, 0.15) is 0 Å². The second-order valence-electron chi connectivity index (χ2n) is 4.91. The molecule has 1 aliphatic rings. The Hall–Kier alpha value is -1.95. The highest BCUT2D eigenvalue weighted by molar-refractivity contribution is 8.18. The van der Waals surface area contributed by atoms with Crippen LogP contribution in [0.2, 0.25) is 0 Å². The van der Waals surface area contributed by atoms with Gasteiger partial charge in [0.15, 0.2) is 11.5 Å². The summed E-state index contributed by atoms with van der Waals surface area (Å²) in [7, 11) is 0. The van der Waals surface area contributed by atoms with Gasteiger partial charge >= 0.3 is 0 Å². The van der Waals surface area contributed by atoms with E-state index in [0.717, 1.165) is 23.7 Å². The van der Waals surface area contributed by atoms with Crippen LogP contribution < -0.4 is 9.47 Å². The fourth-order valence-corrected chi connectivity index (χ4v) is 3.09. The quantitative estimate of drug-likeness (QED) is 0.707. The summed E-state index contributed by atoms with van der Waals surface area (Å²) in [5.74, 6) is 1.08. The van der Waals surface area contributed by atoms with Gasteiger partial charge in [0.25, 0.3) is 11.1 Å². The molecule has 0 unspecified atom stereocenters. The summed E-state index contributed by atoms with van der Waals surface area (Å²) >= 11 is 0.977. The molecule has 1 saturated heterocycles. The Labute approximate surface area is 140 Å². The number of benzene rings is 1. The number of amides is 2. The van der Waals surface area contributed by atoms with Crippen molar-refractivity contribution in [1.82, 2.24) is 4.90 Å². The second-order valence-corrected chi connectivity index (χ2v) is 5.90. The Bertz CT molecular complexity index is 627. The Kier molecular flexibility index (Phi) is 6.10. The van der Waals surface area contributed by atoms with Crippen LogP contribution in [-0.2, 0) is 4.79 Å². The van der Waals surface area contributed by atoms with Crippen LogP contribution in [0.1, 0.15) is 32.8 Å². The fourth-order valence-electron chi connectivity index (χ4n) is 2.23. The zero-order valence-electron chi connectivity index (χ0n) is 13.6. The molecule has 0 aliphatic carbocycles. The van der Waals surface area contributed by atoms with Gasteiger partial charge in [-0.3, -0.25) is 14.5 Å². The van der Waals surface area contributed by atoms with Gasteiger partial charge in [-0.05, 0) is 55.8 Å². The largest absolute Gasteiger partial charge is 0.490 e. The van der Waals surface area contributed by atoms with E-state index in [-0.39, 0.29) is 11.1 Å². The zero-order valence-corrected chi connectivity index (χ0v) is 14.4. The molecule has 124 valence electrons. The molecule has 0 N–H and O–H groups in total. The van der Waals surface area contributed by atoms with Gasteiger partial charge in [0, 0.05) is 6.54 Å². The number of ether oxygens (including phenoxy) is 2. The number of carbonyl (C=O) groups excluding carboxylic acids is 2. The molecule has 0 radical (unpaired) electrons. The van der Waals surface area contributed by atoms with Crippen LogP contribution in [0.3, 0.4) is 0 Å². The standard InChI is InChI=1S/C17H21NO4S/c1-4-9-18-16(19)15(23-17(18)20)11-12-7-8-13(21-5-2)14(10-12)22-6-3/h7-8,10-11H,4-6,9H2,1-3H3. The maximum atomic E-state index is 12.3. The van der Waals surface area contributed by atoms with E-state index in [2.05, 4.69) is 0 Å². The van der Waals surface area contributed by atoms with Crippen molar-refractivity contribution in [3.8, 4) is 11.5 Å². The average molecular weight is 335 g/mol. The first kappa shape index (κ1) is 17.4. The van der Waals surface area contributed by atoms with E-state index in [1.807, 2.05) is 39.0 Å². The number of carbonyl (C=O) groups is 2. The van der Waals surface area contributed by atoms with E-state index in [1.54, 1.807) is 6.08 Å². The van der Waals surface area contributed by atoms with Crippen LogP contribution in [0.25, 0.3) is 6.08 Å². The van der Waals surface area contributed by atoms with E-state index in [1.165, 1.54) is 4.90 Å². The third kappa shape index (κ3) is 4.07. The van der Waals surface area contributed by atoms with Gasteiger partial charge in [-0.2, -0.15) is 0 Å². The smallest absolute Gasteiger partial charge is 0.293 e. The molecule has 1 aromatic rings. The molecular weight excluding hydrogens is 314 g/mol. The van der Waals surface area contributed by atoms with E-state index in [4.69, 9.17) is 9.47 Å². The third-order valence-corrected chi connectivity index (χ3v) is 4.09. The molecular formula is C17H21NO4S. The van der Waals surface area contributed by atoms with Crippen molar-refractivity contribution in [2.45, 2.75) is 27.2 Å². The van der Waals surface area contributed by atoms with Gasteiger partial charge in [0.05, 0.1) is 18.1 Å². The van der Waals surface area contributed by atoms with Crippen LogP contribution in [0.4, 0.5) is 4.79 Å². The maximum Gasteiger partial charge on any atom is 0.293 e. The van der Waals surface area contributed by atoms with Crippen LogP contribution >= 0.6 is 11.8 Å². The van der Waals surface area contributed by atoms with Gasteiger partial charge in [-0.25, -0.2) is 0 Å². The summed E-state index contributed by atoms with van der Waals surface area (Å²) in [5.41, 5.74) is 0.805. The Balaban J connectivity index is 2.27. The van der Waals surface area contributed by atoms with Gasteiger partial charge in [-0.15, -0.1) is 0 Å². The monoisotopic (exact) mass is 335 g/mol. The lowest BCUT2D eigenvalue weighted by atomic mass is 10.2. The molecule has 2 amide bonds. The Morgan fingerprint density at radius 3 is 2.43 bits per heavy atom. The fraction of sp³-hybridized carbons (Fsp3) is 0.412. The normalized spacial score (nSPS) is 16.3. The second kappa shape index (κ2) is 8.06. The number of imide groups is 1. The first-order valence-electron chi connectivity index (χ1n) is 7.75. The lowest BCUT2D eigenvalue weighted by Gasteiger charge is -2.11. The lowest BCUT2D eigenvalue weighted by molar-refractivity contribution is -0.122. The lowest BCUT2D eigenvalue weighted by Crippen LogP contribution is -2.28. The highest BCUT2D eigenvalue weighted by Crippen LogP contribution is 2.34. The molecule has 2 rings (SSSR count). The Morgan fingerprint density at radius 2 is 1.78 bits per heavy atom. The van der Waals surface area contributed by atoms with Crippen LogP contribution in [0, 0.1) is 0 Å². The first-order chi connectivity index (χ1) is 11.1. The summed E-state index contributed by atoms with van der Waals surface area (Å²) < 4.78 is 11.1. The average Bonchev–Trinajstić information content (AvgIpc) is 2.78. The van der Waals surface area contributed by atoms with Crippen LogP contribution in [0.15, 0.2) is 23.1 Å². The zero-order chi connectivity index (χ0) is 16.8. The van der Waals surface area contributed by atoms with Crippen molar-refractivity contribution < 1.29 is 19.1 Å². The summed E-state index contributed by atoms with van der Waals surface area (Å²) in [6, 6.07) is 5.49. The number of nitrogens with zero attached hydrogens (tertiary/aromatic N) is 1. The molecule has 0 aromatic heterocycles. The molecule has 0 spiro atoms. The highest BCUT2D eigenvalue weighted by atomic mass is 32.2. The highest BCUT2D eigenvalue weighted by Gasteiger charge is 2.34. The van der Waals surface area contributed by atoms with Crippen molar-refractivity contribution in [2.24, 2.45) is 0 Å². The summed E-state index contributed by atoms with van der Waals surface area (Å²) in [4.78, 5) is 25.8. The molecule has 1 aromatic carbocycles. The molecule has 0 bridgehead atoms. The van der Waals surface area contributed by atoms with Gasteiger partial charge in [-0.1, -0.05) is 13.0 Å². The Morgan fingerprint density at radius 1 is 1.09 bits per heavy atom. The third-order valence-electron chi connectivity index (χ3n) is 3.19. The van der Waals surface area contributed by atoms with E-state index in [9.17, 15) is 9.59 Å². The van der Waals surface area contributed by atoms with E-state index >= 15 is 0 Å². The minimum Gasteiger partial charge on any atom is -0.490 e. The predicted octanol–water partition coefficient (Wildman–Crippen LogP) is 3.93. The minimum atomic E-state index is -0.228. The molecule has 1 aliphatic heterocycles. The first-order valence-corrected chi connectivity index (χ1v) is 8.57. The molecule has 23 heavy (non-hydrogen) atoms. The summed E-state index contributed by atoms with van der Waals surface area (Å²) in [6.07, 6.45) is 2.47. The molecule has 0 saturated carbocycles. The SMILES string of the molecule is CCCN1C(=O)SC(=Cc2ccc(OCC)c(OCC)c2)C1=O. The molecule has 0 atom stereocenters. The molecule has 5 nitrogen and oxygen atoms in total. The predicted molar refractivity (Wildman–Crippen MR) is 91.7 cm³/mol. The molecule has 1 fully saturated rings. The van der Waals surface area contributed by atoms with Crippen molar-refractivity contribution in [1.29, 1.82) is 0 Å². The van der Waals surface area contributed by atoms with Crippen molar-refractivity contribution in [3.63, 3.8) is 0 Å². The number of hydrogen-bond acceptors (Lipinski definition) is 5. The number of hydrogen-bond donors (Lipinski definition) is 0. The summed E-state index contributed by atoms with van der Waals surface area (Å²) in [6.45, 7) is 7.28. The van der Waals surface area contributed by atoms with E-state index < -0.39 is 0 Å². The summed E-state index contributed by atoms with van der Waals surface area (Å²) in [5, 5.41) is -0.209. The van der Waals surface area contributed by atoms with Crippen LogP contribution in [-0.4, -0.2) is 35.8 Å². The van der Waals surface area contributed by atoms with Gasteiger partial charge < -0.3 is 9.47 Å². The van der Waals surface area contributed by atoms with Crippen molar-refractivity contribution >= 4 is 29.0 Å². The van der Waals surface area contributed by atoms with Crippen LogP contribution in [0.5, 0.6) is 11.5 Å². The van der Waals surface area contributed by atoms with E-state index in [0.29, 0.717) is 36.2 Å².